The zero-order chi connectivity index (χ0) is 16.0. The third-order valence-electron chi connectivity index (χ3n) is 4.06. The van der Waals surface area contributed by atoms with Crippen molar-refractivity contribution in [3.05, 3.63) is 59.1 Å². The standard InChI is InChI=1S/C17H11ClN4O/c18-11-7-5-10(6-8-11)15-12(9-19)16(23)21-17-20-13-3-1-2-4-14(13)22(15)17/h1-8,12,15H,(H,20,21,23). The number of hydrogen-bond donors (Lipinski definition) is 1. The summed E-state index contributed by atoms with van der Waals surface area (Å²) in [6.07, 6.45) is 0. The number of nitriles is 1. The van der Waals surface area contributed by atoms with Crippen molar-refractivity contribution in [2.45, 2.75) is 6.04 Å². The lowest BCUT2D eigenvalue weighted by atomic mass is 9.91. The largest absolute Gasteiger partial charge is 0.300 e. The summed E-state index contributed by atoms with van der Waals surface area (Å²) in [4.78, 5) is 16.8. The number of imidazole rings is 1. The van der Waals surface area contributed by atoms with Gasteiger partial charge < -0.3 is 4.57 Å². The Morgan fingerprint density at radius 2 is 1.91 bits per heavy atom. The number of benzene rings is 2. The fourth-order valence-corrected chi connectivity index (χ4v) is 3.15. The molecule has 1 amide bonds. The van der Waals surface area contributed by atoms with E-state index in [9.17, 15) is 10.1 Å². The molecule has 2 atom stereocenters. The number of fused-ring (bicyclic) bond motifs is 3. The molecule has 0 bridgehead atoms. The Kier molecular flexibility index (Phi) is 3.07. The lowest BCUT2D eigenvalue weighted by Crippen LogP contribution is -2.37. The topological polar surface area (TPSA) is 70.7 Å². The average Bonchev–Trinajstić information content (AvgIpc) is 2.92. The summed E-state index contributed by atoms with van der Waals surface area (Å²) in [5.41, 5.74) is 2.50. The van der Waals surface area contributed by atoms with E-state index in [1.807, 2.05) is 41.0 Å². The Morgan fingerprint density at radius 1 is 1.17 bits per heavy atom. The maximum atomic E-state index is 12.3. The number of nitrogens with zero attached hydrogens (tertiary/aromatic N) is 3. The predicted molar refractivity (Wildman–Crippen MR) is 87.1 cm³/mol. The first-order valence-electron chi connectivity index (χ1n) is 7.12. The molecule has 5 nitrogen and oxygen atoms in total. The van der Waals surface area contributed by atoms with E-state index < -0.39 is 12.0 Å². The van der Waals surface area contributed by atoms with Crippen LogP contribution in [0.3, 0.4) is 0 Å². The van der Waals surface area contributed by atoms with Gasteiger partial charge in [-0.2, -0.15) is 5.26 Å². The first kappa shape index (κ1) is 13.8. The SMILES string of the molecule is N#CC1C(=O)Nc2nc3ccccc3n2C1c1ccc(Cl)cc1. The van der Waals surface area contributed by atoms with Crippen molar-refractivity contribution >= 4 is 34.5 Å². The summed E-state index contributed by atoms with van der Waals surface area (Å²) in [5.74, 6) is -0.709. The highest BCUT2D eigenvalue weighted by Crippen LogP contribution is 2.37. The zero-order valence-corrected chi connectivity index (χ0v) is 12.7. The third kappa shape index (κ3) is 2.07. The molecule has 2 aromatic carbocycles. The van der Waals surface area contributed by atoms with Crippen molar-refractivity contribution in [3.8, 4) is 6.07 Å². The van der Waals surface area contributed by atoms with E-state index in [1.54, 1.807) is 12.1 Å². The summed E-state index contributed by atoms with van der Waals surface area (Å²) in [6.45, 7) is 0. The van der Waals surface area contributed by atoms with Gasteiger partial charge in [0, 0.05) is 5.02 Å². The van der Waals surface area contributed by atoms with Gasteiger partial charge in [0.1, 0.15) is 0 Å². The number of carbonyl (C=O) groups is 1. The minimum Gasteiger partial charge on any atom is -0.300 e. The van der Waals surface area contributed by atoms with Gasteiger partial charge in [0.2, 0.25) is 11.9 Å². The van der Waals surface area contributed by atoms with Crippen LogP contribution < -0.4 is 5.32 Å². The van der Waals surface area contributed by atoms with E-state index in [2.05, 4.69) is 16.4 Å². The van der Waals surface area contributed by atoms with Crippen LogP contribution in [0.4, 0.5) is 5.95 Å². The second-order valence-electron chi connectivity index (χ2n) is 5.39. The molecule has 2 heterocycles. The number of carbonyl (C=O) groups excluding carboxylic acids is 1. The second-order valence-corrected chi connectivity index (χ2v) is 5.82. The number of hydrogen-bond acceptors (Lipinski definition) is 3. The maximum Gasteiger partial charge on any atom is 0.246 e. The molecule has 1 aliphatic rings. The molecular formula is C17H11ClN4O. The van der Waals surface area contributed by atoms with Gasteiger partial charge in [-0.15, -0.1) is 0 Å². The van der Waals surface area contributed by atoms with E-state index in [1.165, 1.54) is 0 Å². The summed E-state index contributed by atoms with van der Waals surface area (Å²) in [6, 6.07) is 16.5. The van der Waals surface area contributed by atoms with Gasteiger partial charge in [0.05, 0.1) is 23.1 Å². The Balaban J connectivity index is 2.00. The molecule has 112 valence electrons. The van der Waals surface area contributed by atoms with E-state index in [4.69, 9.17) is 11.6 Å². The number of aromatic nitrogens is 2. The molecule has 1 N–H and O–H groups in total. The number of para-hydroxylation sites is 2. The predicted octanol–water partition coefficient (Wildman–Crippen LogP) is 3.37. The Hall–Kier alpha value is -2.84. The molecule has 1 aromatic heterocycles. The van der Waals surface area contributed by atoms with Crippen molar-refractivity contribution < 1.29 is 4.79 Å². The molecular weight excluding hydrogens is 312 g/mol. The average molecular weight is 323 g/mol. The Bertz CT molecular complexity index is 955. The van der Waals surface area contributed by atoms with Crippen LogP contribution in [0, 0.1) is 17.2 Å². The van der Waals surface area contributed by atoms with Crippen LogP contribution in [0.25, 0.3) is 11.0 Å². The summed E-state index contributed by atoms with van der Waals surface area (Å²) in [5, 5.41) is 12.8. The number of nitrogens with one attached hydrogen (secondary N) is 1. The highest BCUT2D eigenvalue weighted by Gasteiger charge is 2.38. The fraction of sp³-hybridized carbons (Fsp3) is 0.118. The summed E-state index contributed by atoms with van der Waals surface area (Å²) < 4.78 is 1.91. The van der Waals surface area contributed by atoms with Gasteiger partial charge in [-0.25, -0.2) is 4.98 Å². The molecule has 0 saturated carbocycles. The van der Waals surface area contributed by atoms with Crippen molar-refractivity contribution in [2.75, 3.05) is 5.32 Å². The molecule has 1 aliphatic heterocycles. The van der Waals surface area contributed by atoms with Crippen molar-refractivity contribution in [1.29, 1.82) is 5.26 Å². The van der Waals surface area contributed by atoms with Crippen LogP contribution in [0.1, 0.15) is 11.6 Å². The molecule has 0 saturated heterocycles. The fourth-order valence-electron chi connectivity index (χ4n) is 3.03. The number of amides is 1. The van der Waals surface area contributed by atoms with E-state index in [-0.39, 0.29) is 5.91 Å². The molecule has 23 heavy (non-hydrogen) atoms. The maximum absolute atomic E-state index is 12.3. The molecule has 0 fully saturated rings. The lowest BCUT2D eigenvalue weighted by Gasteiger charge is -2.29. The van der Waals surface area contributed by atoms with Gasteiger partial charge in [-0.05, 0) is 29.8 Å². The van der Waals surface area contributed by atoms with Crippen LogP contribution in [0.2, 0.25) is 5.02 Å². The molecule has 0 radical (unpaired) electrons. The van der Waals surface area contributed by atoms with Crippen LogP contribution in [-0.4, -0.2) is 15.5 Å². The molecule has 4 rings (SSSR count). The van der Waals surface area contributed by atoms with Crippen LogP contribution >= 0.6 is 11.6 Å². The van der Waals surface area contributed by atoms with Gasteiger partial charge in [0.15, 0.2) is 5.92 Å². The van der Waals surface area contributed by atoms with Gasteiger partial charge in [0.25, 0.3) is 0 Å². The second kappa shape index (κ2) is 5.11. The third-order valence-corrected chi connectivity index (χ3v) is 4.31. The highest BCUT2D eigenvalue weighted by atomic mass is 35.5. The number of anilines is 1. The van der Waals surface area contributed by atoms with E-state index in [0.29, 0.717) is 11.0 Å². The van der Waals surface area contributed by atoms with Crippen molar-refractivity contribution in [3.63, 3.8) is 0 Å². The summed E-state index contributed by atoms with van der Waals surface area (Å²) in [7, 11) is 0. The monoisotopic (exact) mass is 322 g/mol. The molecule has 0 aliphatic carbocycles. The smallest absolute Gasteiger partial charge is 0.246 e. The minimum absolute atomic E-state index is 0.338. The van der Waals surface area contributed by atoms with Gasteiger partial charge in [-0.1, -0.05) is 35.9 Å². The zero-order valence-electron chi connectivity index (χ0n) is 11.9. The van der Waals surface area contributed by atoms with Crippen LogP contribution in [-0.2, 0) is 4.79 Å². The van der Waals surface area contributed by atoms with Crippen molar-refractivity contribution in [1.82, 2.24) is 9.55 Å². The molecule has 6 heteroatoms. The minimum atomic E-state index is -0.832. The Morgan fingerprint density at radius 3 is 2.65 bits per heavy atom. The van der Waals surface area contributed by atoms with Crippen LogP contribution in [0.5, 0.6) is 0 Å². The Labute approximate surface area is 137 Å². The van der Waals surface area contributed by atoms with E-state index in [0.717, 1.165) is 16.6 Å². The molecule has 0 spiro atoms. The van der Waals surface area contributed by atoms with Crippen molar-refractivity contribution in [2.24, 2.45) is 5.92 Å². The quantitative estimate of drug-likeness (QED) is 0.746. The first-order valence-corrected chi connectivity index (χ1v) is 7.50. The normalized spacial score (nSPS) is 19.9. The number of halogens is 1. The van der Waals surface area contributed by atoms with E-state index >= 15 is 0 Å². The molecule has 3 aromatic rings. The molecule has 2 unspecified atom stereocenters. The summed E-state index contributed by atoms with van der Waals surface area (Å²) >= 11 is 5.96. The number of rotatable bonds is 1. The highest BCUT2D eigenvalue weighted by molar-refractivity contribution is 6.30. The first-order chi connectivity index (χ1) is 11.2. The lowest BCUT2D eigenvalue weighted by molar-refractivity contribution is -0.119. The van der Waals surface area contributed by atoms with Gasteiger partial charge >= 0.3 is 0 Å². The van der Waals surface area contributed by atoms with Gasteiger partial charge in [-0.3, -0.25) is 10.1 Å². The van der Waals surface area contributed by atoms with Crippen LogP contribution in [0.15, 0.2) is 48.5 Å².